The number of hydrogen-bond donors (Lipinski definition) is 3. The molecule has 0 spiro atoms. The second-order valence-electron chi connectivity index (χ2n) is 15.8. The summed E-state index contributed by atoms with van der Waals surface area (Å²) in [6, 6.07) is 47.0. The summed E-state index contributed by atoms with van der Waals surface area (Å²) in [5.74, 6) is 0.424. The van der Waals surface area contributed by atoms with Crippen LogP contribution in [0.1, 0.15) is 39.0 Å². The van der Waals surface area contributed by atoms with Crippen molar-refractivity contribution in [1.29, 1.82) is 5.26 Å². The molecule has 5 N–H and O–H groups in total. The molecule has 1 amide bonds. The van der Waals surface area contributed by atoms with Gasteiger partial charge in [-0.3, -0.25) is 19.2 Å². The van der Waals surface area contributed by atoms with E-state index in [0.29, 0.717) is 54.5 Å². The molecule has 0 aliphatic heterocycles. The fourth-order valence-electron chi connectivity index (χ4n) is 7.39. The minimum atomic E-state index is -0.479. The van der Waals surface area contributed by atoms with E-state index in [0.717, 1.165) is 27.2 Å². The largest absolute Gasteiger partial charge is 0.409 e. The summed E-state index contributed by atoms with van der Waals surface area (Å²) < 4.78 is 44.4. The number of carbonyl (C=O) groups excluding carboxylic acids is 1. The number of aromatic nitrogens is 3. The van der Waals surface area contributed by atoms with Crippen molar-refractivity contribution in [3.63, 3.8) is 0 Å². The van der Waals surface area contributed by atoms with Crippen molar-refractivity contribution in [3.8, 4) is 6.07 Å². The molecule has 0 fully saturated rings. The van der Waals surface area contributed by atoms with Gasteiger partial charge in [0.2, 0.25) is 5.91 Å². The van der Waals surface area contributed by atoms with Crippen molar-refractivity contribution in [3.05, 3.63) is 229 Å². The van der Waals surface area contributed by atoms with Crippen LogP contribution in [0.2, 0.25) is 0 Å². The number of hydrogen-bond acceptors (Lipinski definition) is 10. The van der Waals surface area contributed by atoms with Gasteiger partial charge in [0.05, 0.1) is 44.2 Å². The fourth-order valence-corrected chi connectivity index (χ4v) is 10.4. The number of para-hydroxylation sites is 3. The number of nitrogens with two attached hydrogens (primary N) is 2. The molecule has 0 radical (unpaired) electrons. The summed E-state index contributed by atoms with van der Waals surface area (Å²) in [4.78, 5) is 48.4. The molecule has 9 rings (SSSR count). The summed E-state index contributed by atoms with van der Waals surface area (Å²) in [5.41, 5.74) is 15.7. The van der Waals surface area contributed by atoms with Crippen molar-refractivity contribution in [2.45, 2.75) is 74.3 Å². The Labute approximate surface area is 445 Å². The Morgan fingerprint density at radius 1 is 0.507 bits per heavy atom. The normalized spacial score (nSPS) is 10.7. The van der Waals surface area contributed by atoms with Gasteiger partial charge >= 0.3 is 0 Å². The van der Waals surface area contributed by atoms with Crippen molar-refractivity contribution in [2.75, 3.05) is 0 Å². The van der Waals surface area contributed by atoms with Crippen LogP contribution < -0.4 is 27.8 Å². The van der Waals surface area contributed by atoms with Crippen LogP contribution in [0.25, 0.3) is 32.7 Å². The van der Waals surface area contributed by atoms with Gasteiger partial charge in [-0.1, -0.05) is 100 Å². The number of oxime groups is 1. The molecule has 0 aliphatic carbocycles. The first-order valence-corrected chi connectivity index (χ1v) is 24.9. The number of benzene rings is 6. The van der Waals surface area contributed by atoms with Crippen LogP contribution >= 0.6 is 35.3 Å². The molecule has 0 unspecified atom stereocenters. The molecule has 0 saturated carbocycles. The van der Waals surface area contributed by atoms with Gasteiger partial charge in [0, 0.05) is 51.6 Å². The highest BCUT2D eigenvalue weighted by molar-refractivity contribution is 7.99. The lowest BCUT2D eigenvalue weighted by Gasteiger charge is -2.16. The first-order chi connectivity index (χ1) is 34.8. The monoisotopic (exact) mass is 1070 g/mol. The SMILES string of the molecule is C.C.C.N#CCn1c(SCc2ccc(F)cc2)cc(=O)c2ccccc21.N/C(Cn1c(SCc2ccc(F)cc2)cc(=O)c2ccccc21)=N\O.NC(=O)Cn1c(SCc2ccc(F)cc2)cc(=O)c2ccccc21. The summed E-state index contributed by atoms with van der Waals surface area (Å²) in [6.45, 7) is 0.322. The van der Waals surface area contributed by atoms with E-state index >= 15 is 0 Å². The van der Waals surface area contributed by atoms with Crippen molar-refractivity contribution in [2.24, 2.45) is 16.6 Å². The third-order valence-corrected chi connectivity index (χ3v) is 14.2. The molecule has 0 aliphatic rings. The molecular formula is C57H56F3N7O5S3. The summed E-state index contributed by atoms with van der Waals surface area (Å²) in [7, 11) is 0. The zero-order valence-electron chi connectivity index (χ0n) is 38.2. The maximum atomic E-state index is 13.0. The number of thioether (sulfide) groups is 3. The third-order valence-electron chi connectivity index (χ3n) is 10.8. The second kappa shape index (κ2) is 28.5. The molecule has 0 bridgehead atoms. The van der Waals surface area contributed by atoms with Gasteiger partial charge in [-0.25, -0.2) is 13.2 Å². The van der Waals surface area contributed by atoms with Gasteiger partial charge in [-0.15, -0.1) is 35.3 Å². The Bertz CT molecular complexity index is 3640. The molecule has 0 saturated heterocycles. The van der Waals surface area contributed by atoms with E-state index < -0.39 is 5.91 Å². The number of primary amides is 1. The Morgan fingerprint density at radius 3 is 1.13 bits per heavy atom. The van der Waals surface area contributed by atoms with Crippen LogP contribution in [0.15, 0.2) is 198 Å². The number of nitrogens with zero attached hydrogens (tertiary/aromatic N) is 5. The lowest BCUT2D eigenvalue weighted by molar-refractivity contribution is -0.118. The zero-order valence-corrected chi connectivity index (χ0v) is 40.6. The Morgan fingerprint density at radius 2 is 0.813 bits per heavy atom. The molecule has 3 heterocycles. The van der Waals surface area contributed by atoms with Crippen LogP contribution in [-0.2, 0) is 41.7 Å². The first-order valence-electron chi connectivity index (χ1n) is 21.9. The zero-order chi connectivity index (χ0) is 51.1. The molecule has 12 nitrogen and oxygen atoms in total. The third kappa shape index (κ3) is 15.8. The van der Waals surface area contributed by atoms with Crippen molar-refractivity contribution < 1.29 is 23.2 Å². The second-order valence-corrected chi connectivity index (χ2v) is 18.8. The number of pyridine rings is 3. The van der Waals surface area contributed by atoms with E-state index in [-0.39, 0.29) is 81.5 Å². The molecular weight excluding hydrogens is 1020 g/mol. The van der Waals surface area contributed by atoms with E-state index in [4.69, 9.17) is 21.9 Å². The van der Waals surface area contributed by atoms with Gasteiger partial charge in [0.15, 0.2) is 22.1 Å². The van der Waals surface area contributed by atoms with Gasteiger partial charge in [0.25, 0.3) is 0 Å². The fraction of sp³-hybridized carbons (Fsp3) is 0.158. The Kier molecular flexibility index (Phi) is 22.6. The maximum Gasteiger partial charge on any atom is 0.237 e. The predicted molar refractivity (Wildman–Crippen MR) is 301 cm³/mol. The summed E-state index contributed by atoms with van der Waals surface area (Å²) in [5, 5.41) is 24.8. The molecule has 388 valence electrons. The first kappa shape index (κ1) is 59.6. The highest BCUT2D eigenvalue weighted by Crippen LogP contribution is 2.28. The summed E-state index contributed by atoms with van der Waals surface area (Å²) >= 11 is 4.31. The van der Waals surface area contributed by atoms with Crippen LogP contribution in [0.3, 0.4) is 0 Å². The molecule has 9 aromatic rings. The number of amidine groups is 1. The van der Waals surface area contributed by atoms with Gasteiger partial charge in [0.1, 0.15) is 30.5 Å². The number of fused-ring (bicyclic) bond motifs is 3. The Balaban J connectivity index is 0.000000239. The number of carbonyl (C=O) groups is 1. The lowest BCUT2D eigenvalue weighted by Crippen LogP contribution is -2.22. The van der Waals surface area contributed by atoms with Crippen LogP contribution in [0.4, 0.5) is 13.2 Å². The summed E-state index contributed by atoms with van der Waals surface area (Å²) in [6.07, 6.45) is 0. The molecule has 0 atom stereocenters. The van der Waals surface area contributed by atoms with Crippen molar-refractivity contribution in [1.82, 2.24) is 13.7 Å². The smallest absolute Gasteiger partial charge is 0.237 e. The molecule has 75 heavy (non-hydrogen) atoms. The number of halogens is 3. The quantitative estimate of drug-likeness (QED) is 0.0310. The van der Waals surface area contributed by atoms with Gasteiger partial charge in [-0.2, -0.15) is 5.26 Å². The van der Waals surface area contributed by atoms with E-state index in [1.807, 2.05) is 45.5 Å². The molecule has 6 aromatic carbocycles. The average Bonchev–Trinajstić information content (AvgIpc) is 3.39. The number of rotatable bonds is 14. The van der Waals surface area contributed by atoms with E-state index in [9.17, 15) is 32.3 Å². The molecule has 18 heteroatoms. The maximum absolute atomic E-state index is 13.0. The molecule has 3 aromatic heterocycles. The van der Waals surface area contributed by atoms with Crippen LogP contribution in [-0.4, -0.2) is 30.7 Å². The highest BCUT2D eigenvalue weighted by Gasteiger charge is 2.14. The minimum Gasteiger partial charge on any atom is -0.409 e. The van der Waals surface area contributed by atoms with E-state index in [2.05, 4.69) is 11.2 Å². The van der Waals surface area contributed by atoms with Crippen LogP contribution in [0, 0.1) is 28.8 Å². The average molecular weight is 1070 g/mol. The Hall–Kier alpha value is -7.98. The number of amides is 1. The van der Waals surface area contributed by atoms with E-state index in [1.54, 1.807) is 89.5 Å². The predicted octanol–water partition coefficient (Wildman–Crippen LogP) is 12.0. The van der Waals surface area contributed by atoms with E-state index in [1.165, 1.54) is 77.8 Å². The number of nitriles is 1. The highest BCUT2D eigenvalue weighted by atomic mass is 32.2. The standard InChI is InChI=1S/C18H16FN3O2S.C18H15FN2O2S.C18H13FN2OS.3CH4/c19-13-7-5-12(6-8-13)11-25-18-9-16(23)14-3-1-2-4-15(14)22(18)10-17(20)21-24;19-13-7-5-12(6-8-13)11-24-18-9-16(22)14-3-1-2-4-15(14)21(18)10-17(20)23;19-14-7-5-13(6-8-14)12-23-18-11-17(22)15-3-1-2-4-16(15)21(18)10-9-20;;;/h1-9,24H,10-11H2,(H2,20,21);1-9H,10-11H2,(H2,20,23);1-8,11H,10,12H2;3*1H4. The lowest BCUT2D eigenvalue weighted by atomic mass is 10.2. The minimum absolute atomic E-state index is 0. The topological polar surface area (TPSA) is 191 Å². The van der Waals surface area contributed by atoms with Gasteiger partial charge in [-0.05, 0) is 89.5 Å². The van der Waals surface area contributed by atoms with Gasteiger partial charge < -0.3 is 30.4 Å². The van der Waals surface area contributed by atoms with Crippen LogP contribution in [0.5, 0.6) is 0 Å². The van der Waals surface area contributed by atoms with Crippen molar-refractivity contribution >= 4 is 79.7 Å².